The van der Waals surface area contributed by atoms with Gasteiger partial charge in [0.15, 0.2) is 0 Å². The average Bonchev–Trinajstić information content (AvgIpc) is 3.04. The number of carbonyl (C=O) groups excluding carboxylic acids is 6. The number of carboxylic acid groups (broad SMARTS) is 1. The van der Waals surface area contributed by atoms with E-state index in [1.807, 2.05) is 30.3 Å². The molecule has 1 radical (unpaired) electrons. The summed E-state index contributed by atoms with van der Waals surface area (Å²) in [4.78, 5) is 75.6. The number of carboxylic acids is 1. The molecule has 0 fully saturated rings. The first-order valence-corrected chi connectivity index (χ1v) is 15.8. The molecule has 2 aromatic carbocycles. The van der Waals surface area contributed by atoms with Crippen LogP contribution in [0.2, 0.25) is 0 Å². The minimum Gasteiger partial charge on any atom is -2.00 e. The van der Waals surface area contributed by atoms with Gasteiger partial charge in [-0.15, -0.1) is 11.5 Å². The van der Waals surface area contributed by atoms with Crippen LogP contribution in [-0.2, 0) is 80.1 Å². The molecule has 271 valence electrons. The van der Waals surface area contributed by atoms with Crippen LogP contribution in [0.15, 0.2) is 54.6 Å². The molecule has 4 atom stereocenters. The van der Waals surface area contributed by atoms with Crippen LogP contribution in [0.5, 0.6) is 5.75 Å². The number of nitrogens with two attached hydrogens (primary N) is 2. The van der Waals surface area contributed by atoms with Crippen LogP contribution < -0.4 is 42.9 Å². The number of amides is 5. The number of rotatable bonds is 21. The van der Waals surface area contributed by atoms with Gasteiger partial charge in [-0.25, -0.2) is 0 Å². The molecule has 0 aliphatic carbocycles. The Morgan fingerprint density at radius 3 is 1.78 bits per heavy atom. The van der Waals surface area contributed by atoms with Crippen molar-refractivity contribution in [2.24, 2.45) is 11.5 Å². The Morgan fingerprint density at radius 2 is 1.22 bits per heavy atom. The first-order chi connectivity index (χ1) is 22.4. The van der Waals surface area contributed by atoms with Gasteiger partial charge in [-0.2, -0.15) is 0 Å². The Kier molecular flexibility index (Phi) is 22.2. The minimum atomic E-state index is -1.69. The maximum absolute atomic E-state index is 13.3. The molecule has 0 bridgehead atoms. The molecule has 0 unspecified atom stereocenters. The van der Waals surface area contributed by atoms with E-state index in [4.69, 9.17) is 24.1 Å². The number of aliphatic carboxylic acids is 1. The fraction of sp³-hybridized carbons (Fsp3) is 0.438. The zero-order valence-corrected chi connectivity index (χ0v) is 30.2. The van der Waals surface area contributed by atoms with Crippen molar-refractivity contribution in [1.82, 2.24) is 21.3 Å². The average molecular weight is 872 g/mol. The van der Waals surface area contributed by atoms with Gasteiger partial charge >= 0.3 is 0 Å². The molecular weight excluding hydrogens is 831 g/mol. The molecule has 49 heavy (non-hydrogen) atoms. The maximum Gasteiger partial charge on any atom is 0.243 e. The van der Waals surface area contributed by atoms with E-state index in [0.717, 1.165) is 11.1 Å². The number of primary amides is 1. The number of aryl methyl sites for hydroxylation is 2. The summed E-state index contributed by atoms with van der Waals surface area (Å²) in [5, 5.41) is 32.6. The fourth-order valence-electron chi connectivity index (χ4n) is 4.55. The number of benzene rings is 2. The summed E-state index contributed by atoms with van der Waals surface area (Å²) in [6.45, 7) is 0.398. The molecule has 2 aromatic rings. The van der Waals surface area contributed by atoms with Gasteiger partial charge in [-0.05, 0) is 56.2 Å². The largest absolute Gasteiger partial charge is 2.00 e. The summed E-state index contributed by atoms with van der Waals surface area (Å²) in [6, 6.07) is 9.71. The molecule has 0 spiro atoms. The molecule has 17 heteroatoms. The molecule has 0 aliphatic heterocycles. The van der Waals surface area contributed by atoms with E-state index in [1.54, 1.807) is 12.1 Å². The minimum absolute atomic E-state index is 0. The van der Waals surface area contributed by atoms with Crippen molar-refractivity contribution in [1.29, 1.82) is 0 Å². The van der Waals surface area contributed by atoms with Gasteiger partial charge in [-0.1, -0.05) is 54.6 Å². The Labute approximate surface area is 304 Å². The van der Waals surface area contributed by atoms with Gasteiger partial charge in [0, 0.05) is 39.2 Å². The van der Waals surface area contributed by atoms with Gasteiger partial charge in [0.2, 0.25) is 29.5 Å². The second-order valence-electron chi connectivity index (χ2n) is 10.9. The summed E-state index contributed by atoms with van der Waals surface area (Å²) in [5.74, 6) is -6.17. The molecule has 0 aliphatic rings. The van der Waals surface area contributed by atoms with Crippen molar-refractivity contribution < 1.29 is 64.9 Å². The monoisotopic (exact) mass is 872 g/mol. The Morgan fingerprint density at radius 1 is 0.714 bits per heavy atom. The molecule has 8 N–H and O–H groups in total. The van der Waals surface area contributed by atoms with Crippen molar-refractivity contribution in [2.75, 3.05) is 12.3 Å². The molecule has 0 aromatic heterocycles. The van der Waals surface area contributed by atoms with Gasteiger partial charge in [0.1, 0.15) is 18.1 Å². The van der Waals surface area contributed by atoms with Crippen molar-refractivity contribution in [3.63, 3.8) is 0 Å². The second kappa shape index (κ2) is 24.2. The third-order valence-corrected chi connectivity index (χ3v) is 7.52. The molecule has 5 amide bonds. The zero-order chi connectivity index (χ0) is 34.8. The molecule has 2 rings (SSSR count). The summed E-state index contributed by atoms with van der Waals surface area (Å²) in [7, 11) is 0. The summed E-state index contributed by atoms with van der Waals surface area (Å²) in [5.41, 5.74) is 12.6. The van der Waals surface area contributed by atoms with Crippen LogP contribution in [0.1, 0.15) is 49.7 Å². The number of hydrogen-bond acceptors (Lipinski definition) is 10. The maximum atomic E-state index is 13.3. The molecule has 0 saturated carbocycles. The molecule has 0 heterocycles. The van der Waals surface area contributed by atoms with Crippen LogP contribution in [0.25, 0.3) is 0 Å². The van der Waals surface area contributed by atoms with Gasteiger partial charge in [-0.3, -0.25) is 24.0 Å². The van der Waals surface area contributed by atoms with E-state index in [0.29, 0.717) is 32.2 Å². The van der Waals surface area contributed by atoms with E-state index in [2.05, 4.69) is 21.3 Å². The van der Waals surface area contributed by atoms with Crippen LogP contribution >= 0.6 is 0 Å². The quantitative estimate of drug-likeness (QED) is 0.0564. The van der Waals surface area contributed by atoms with Gasteiger partial charge in [0.25, 0.3) is 0 Å². The number of hydrogen-bond donors (Lipinski definition) is 6. The fourth-order valence-corrected chi connectivity index (χ4v) is 4.78. The summed E-state index contributed by atoms with van der Waals surface area (Å²) < 4.78 is 0. The third-order valence-electron chi connectivity index (χ3n) is 7.18. The van der Waals surface area contributed by atoms with Crippen molar-refractivity contribution >= 4 is 48.1 Å². The topological polar surface area (TPSA) is 277 Å². The first-order valence-electron chi connectivity index (χ1n) is 15.2. The number of unbranched alkanes of at least 4 members (excludes halogenated alkanes) is 1. The van der Waals surface area contributed by atoms with Crippen LogP contribution in [0.4, 0.5) is 0 Å². The number of nitrogens with one attached hydrogen (secondary N) is 4. The van der Waals surface area contributed by atoms with Crippen molar-refractivity contribution in [2.45, 2.75) is 75.5 Å². The second-order valence-corrected chi connectivity index (χ2v) is 11.2. The molecule has 0 saturated heterocycles. The predicted octanol–water partition coefficient (Wildman–Crippen LogP) is -2.56. The summed E-state index contributed by atoms with van der Waals surface area (Å²) >= 11 is 5.02. The summed E-state index contributed by atoms with van der Waals surface area (Å²) in [6.07, 6.45) is 1.20. The Balaban J connectivity index is 0.0000115. The first kappa shape index (κ1) is 45.0. The Bertz CT molecular complexity index is 1350. The number of carbonyl (C=O) groups is 6. The van der Waals surface area contributed by atoms with E-state index in [-0.39, 0.29) is 56.7 Å². The van der Waals surface area contributed by atoms with Crippen LogP contribution in [0.3, 0.4) is 0 Å². The van der Waals surface area contributed by atoms with Crippen LogP contribution in [-0.4, -0.2) is 72.0 Å². The molecule has 15 nitrogen and oxygen atoms in total. The van der Waals surface area contributed by atoms with E-state index >= 15 is 0 Å². The Hall–Kier alpha value is -4.01. The van der Waals surface area contributed by atoms with Gasteiger partial charge in [0.05, 0.1) is 6.04 Å². The van der Waals surface area contributed by atoms with Gasteiger partial charge < -0.3 is 65.8 Å². The van der Waals surface area contributed by atoms with E-state index < -0.39 is 66.1 Å². The van der Waals surface area contributed by atoms with Crippen molar-refractivity contribution in [3.8, 4) is 5.75 Å². The normalized spacial score (nSPS) is 12.8. The van der Waals surface area contributed by atoms with Crippen LogP contribution in [0, 0.1) is 0 Å². The van der Waals surface area contributed by atoms with E-state index in [1.165, 1.54) is 12.1 Å². The third kappa shape index (κ3) is 17.3. The standard InChI is InChI=1S/C32H44N6O8S.O.Re/c33-17-5-4-8-27(40)35-24(16-12-20-6-2-1-3-7-20)30(44)37-25(18-28(41)42)31(45)38-26(19-47)32(46)36-23(29(34)43)15-11-21-9-13-22(39)14-10-21;;/h1-3,6-7,9-10,13-14,23-26,39,47H,4-5,8,11-12,15-19,33H2,(H2,34,43)(H,35,40)(H,36,46)(H,37,44)(H,38,45)(H,41,42);;/q;-2;/p-3/t23-,24-,25-,26-;;/m0../s1. The predicted molar refractivity (Wildman–Crippen MR) is 171 cm³/mol. The zero-order valence-electron chi connectivity index (χ0n) is 26.7. The SMILES string of the molecule is NCCCCC(=O)N[C@@H](CCc1ccccc1)C(=O)N[C@@H](CC(=O)[O-])C(=O)N[C@@H](C[S-])C(=O)N[C@@H](CCc1ccc([O-])cc1)C(N)=O.[O-2].[Re]. The van der Waals surface area contributed by atoms with Crippen molar-refractivity contribution in [3.05, 3.63) is 65.7 Å². The van der Waals surface area contributed by atoms with E-state index in [9.17, 15) is 39.0 Å². The smallest absolute Gasteiger partial charge is 0.243 e. The molecular formula is C32H41N6O9ReS-5.